The van der Waals surface area contributed by atoms with Crippen molar-refractivity contribution in [2.75, 3.05) is 0 Å². The van der Waals surface area contributed by atoms with Crippen molar-refractivity contribution in [1.82, 2.24) is 0 Å². The summed E-state index contributed by atoms with van der Waals surface area (Å²) < 4.78 is 12.3. The minimum absolute atomic E-state index is 0.208. The summed E-state index contributed by atoms with van der Waals surface area (Å²) in [6, 6.07) is 6.30. The van der Waals surface area contributed by atoms with Gasteiger partial charge in [0, 0.05) is 0 Å². The summed E-state index contributed by atoms with van der Waals surface area (Å²) in [4.78, 5) is 0. The fraction of sp³-hybridized carbons (Fsp3) is 0.125. The van der Waals surface area contributed by atoms with E-state index in [1.807, 2.05) is 0 Å². The molecule has 49 valence electrons. The Kier molecular flexibility index (Phi) is 2.38. The third-order valence-corrected chi connectivity index (χ3v) is 1.27. The Balaban J connectivity index is 2.78. The average molecular weight is 133 g/mol. The van der Waals surface area contributed by atoms with E-state index in [4.69, 9.17) is 7.49 Å². The summed E-state index contributed by atoms with van der Waals surface area (Å²) in [6.45, 7) is 0. The molecule has 0 heterocycles. The van der Waals surface area contributed by atoms with E-state index in [-0.39, 0.29) is 5.82 Å². The first-order valence-corrected chi connectivity index (χ1v) is 3.11. The summed E-state index contributed by atoms with van der Waals surface area (Å²) in [5.74, 6) is 1.34. The van der Waals surface area contributed by atoms with Gasteiger partial charge in [-0.05, 0) is 0 Å². The van der Waals surface area contributed by atoms with E-state index >= 15 is 0 Å². The van der Waals surface area contributed by atoms with Crippen LogP contribution in [-0.2, 0) is 6.42 Å². The Morgan fingerprint density at radius 2 is 1.90 bits per heavy atom. The molecule has 10 heavy (non-hydrogen) atoms. The van der Waals surface area contributed by atoms with Crippen LogP contribution < -0.4 is 0 Å². The standard InChI is InChI=1S/C8H7BF/c9-6-5-7-1-3-8(10)4-2-7/h1-4,6H,5H2. The molecule has 1 aromatic rings. The first kappa shape index (κ1) is 7.20. The fourth-order valence-electron chi connectivity index (χ4n) is 0.757. The zero-order valence-corrected chi connectivity index (χ0v) is 5.55. The topological polar surface area (TPSA) is 0 Å². The van der Waals surface area contributed by atoms with Crippen molar-refractivity contribution >= 4 is 13.5 Å². The van der Waals surface area contributed by atoms with Crippen LogP contribution in [0.4, 0.5) is 4.39 Å². The van der Waals surface area contributed by atoms with E-state index in [1.165, 1.54) is 12.1 Å². The van der Waals surface area contributed by atoms with Crippen LogP contribution in [0, 0.1) is 5.82 Å². The minimum atomic E-state index is -0.208. The van der Waals surface area contributed by atoms with Gasteiger partial charge < -0.3 is 0 Å². The molecular formula is C8H7BF. The molecule has 1 radical (unpaired) electrons. The molecule has 0 aliphatic heterocycles. The molecule has 0 aromatic heterocycles. The predicted octanol–water partition coefficient (Wildman–Crippen LogP) is 1.34. The molecule has 0 aliphatic rings. The third kappa shape index (κ3) is 1.80. The van der Waals surface area contributed by atoms with E-state index in [2.05, 4.69) is 0 Å². The molecular weight excluding hydrogens is 126 g/mol. The van der Waals surface area contributed by atoms with Crippen LogP contribution in [0.15, 0.2) is 24.3 Å². The molecule has 0 fully saturated rings. The SMILES string of the molecule is [B]=CCc1ccc(F)cc1. The molecule has 1 rings (SSSR count). The summed E-state index contributed by atoms with van der Waals surface area (Å²) in [5, 5.41) is 0. The molecule has 0 N–H and O–H groups in total. The van der Waals surface area contributed by atoms with Gasteiger partial charge in [0.2, 0.25) is 0 Å². The number of hydrogen-bond donors (Lipinski definition) is 0. The normalized spacial score (nSPS) is 9.20. The molecule has 0 saturated heterocycles. The number of benzene rings is 1. The predicted molar refractivity (Wildman–Crippen MR) is 41.9 cm³/mol. The monoisotopic (exact) mass is 133 g/mol. The quantitative estimate of drug-likeness (QED) is 0.534. The Hall–Kier alpha value is -0.915. The van der Waals surface area contributed by atoms with Gasteiger partial charge in [0.1, 0.15) is 0 Å². The fourth-order valence-corrected chi connectivity index (χ4v) is 0.757. The van der Waals surface area contributed by atoms with Crippen LogP contribution in [0.25, 0.3) is 0 Å². The van der Waals surface area contributed by atoms with Crippen LogP contribution in [0.2, 0.25) is 0 Å². The van der Waals surface area contributed by atoms with Gasteiger partial charge in [-0.25, -0.2) is 0 Å². The number of hydrogen-bond acceptors (Lipinski definition) is 0. The average Bonchev–Trinajstić information content (AvgIpc) is 1.95. The molecule has 2 heteroatoms. The van der Waals surface area contributed by atoms with Gasteiger partial charge in [-0.3, -0.25) is 0 Å². The second-order valence-corrected chi connectivity index (χ2v) is 2.07. The van der Waals surface area contributed by atoms with Crippen molar-refractivity contribution in [2.45, 2.75) is 6.42 Å². The van der Waals surface area contributed by atoms with Crippen molar-refractivity contribution in [3.05, 3.63) is 35.6 Å². The van der Waals surface area contributed by atoms with E-state index < -0.39 is 0 Å². The molecule has 0 amide bonds. The summed E-state index contributed by atoms with van der Waals surface area (Å²) >= 11 is 0. The Morgan fingerprint density at radius 3 is 2.40 bits per heavy atom. The van der Waals surface area contributed by atoms with Crippen LogP contribution in [0.1, 0.15) is 5.56 Å². The summed E-state index contributed by atoms with van der Waals surface area (Å²) in [5.41, 5.74) is 1.03. The van der Waals surface area contributed by atoms with Crippen molar-refractivity contribution in [3.8, 4) is 0 Å². The second-order valence-electron chi connectivity index (χ2n) is 2.07. The first-order chi connectivity index (χ1) is 4.83. The van der Waals surface area contributed by atoms with Crippen LogP contribution in [-0.4, -0.2) is 13.5 Å². The van der Waals surface area contributed by atoms with Gasteiger partial charge in [-0.2, -0.15) is 0 Å². The van der Waals surface area contributed by atoms with E-state index in [1.54, 1.807) is 18.1 Å². The van der Waals surface area contributed by atoms with E-state index in [9.17, 15) is 4.39 Å². The molecule has 0 unspecified atom stereocenters. The number of rotatable bonds is 2. The van der Waals surface area contributed by atoms with Gasteiger partial charge in [-0.15, -0.1) is 0 Å². The Labute approximate surface area is 60.8 Å². The number of halogens is 1. The molecule has 0 saturated carbocycles. The van der Waals surface area contributed by atoms with Crippen LogP contribution >= 0.6 is 0 Å². The molecule has 0 bridgehead atoms. The molecule has 0 aliphatic carbocycles. The Bertz CT molecular complexity index is 215. The van der Waals surface area contributed by atoms with Gasteiger partial charge in [0.25, 0.3) is 0 Å². The van der Waals surface area contributed by atoms with Gasteiger partial charge in [-0.1, -0.05) is 0 Å². The zero-order chi connectivity index (χ0) is 7.40. The van der Waals surface area contributed by atoms with Crippen molar-refractivity contribution in [3.63, 3.8) is 0 Å². The summed E-state index contributed by atoms with van der Waals surface area (Å²) in [7, 11) is 5.18. The van der Waals surface area contributed by atoms with Gasteiger partial charge in [0.15, 0.2) is 0 Å². The van der Waals surface area contributed by atoms with Crippen molar-refractivity contribution in [1.29, 1.82) is 0 Å². The molecule has 0 nitrogen and oxygen atoms in total. The molecule has 0 atom stereocenters. The second kappa shape index (κ2) is 3.30. The maximum atomic E-state index is 12.3. The maximum absolute atomic E-state index is 12.3. The van der Waals surface area contributed by atoms with Crippen LogP contribution in [0.5, 0.6) is 0 Å². The zero-order valence-electron chi connectivity index (χ0n) is 5.55. The molecule has 0 spiro atoms. The van der Waals surface area contributed by atoms with Crippen LogP contribution in [0.3, 0.4) is 0 Å². The summed E-state index contributed by atoms with van der Waals surface area (Å²) in [6.07, 6.45) is 0.695. The molecule has 1 aromatic carbocycles. The Morgan fingerprint density at radius 1 is 1.30 bits per heavy atom. The van der Waals surface area contributed by atoms with Crippen molar-refractivity contribution in [2.24, 2.45) is 0 Å². The first-order valence-electron chi connectivity index (χ1n) is 3.11. The van der Waals surface area contributed by atoms with Crippen molar-refractivity contribution < 1.29 is 4.39 Å². The van der Waals surface area contributed by atoms with Gasteiger partial charge >= 0.3 is 59.9 Å². The third-order valence-electron chi connectivity index (χ3n) is 1.27. The van der Waals surface area contributed by atoms with Gasteiger partial charge in [0.05, 0.1) is 0 Å². The van der Waals surface area contributed by atoms with E-state index in [0.29, 0.717) is 6.42 Å². The van der Waals surface area contributed by atoms with E-state index in [0.717, 1.165) is 5.56 Å².